The number of anilines is 1. The zero-order chi connectivity index (χ0) is 21.8. The van der Waals surface area contributed by atoms with Gasteiger partial charge in [0.15, 0.2) is 0 Å². The van der Waals surface area contributed by atoms with Crippen molar-refractivity contribution >= 4 is 35.2 Å². The number of nitriles is 1. The number of hydrogen-bond acceptors (Lipinski definition) is 4. The van der Waals surface area contributed by atoms with E-state index >= 15 is 0 Å². The van der Waals surface area contributed by atoms with Crippen molar-refractivity contribution in [2.45, 2.75) is 6.61 Å². The van der Waals surface area contributed by atoms with Crippen LogP contribution in [0.2, 0.25) is 5.02 Å². The summed E-state index contributed by atoms with van der Waals surface area (Å²) in [5.74, 6) is -0.560. The van der Waals surface area contributed by atoms with Gasteiger partial charge < -0.3 is 4.74 Å². The van der Waals surface area contributed by atoms with E-state index in [4.69, 9.17) is 16.3 Å². The Morgan fingerprint density at radius 3 is 2.55 bits per heavy atom. The molecule has 0 aromatic heterocycles. The second-order valence-electron chi connectivity index (χ2n) is 6.71. The zero-order valence-corrected chi connectivity index (χ0v) is 17.0. The SMILES string of the molecule is N#Cc1ccccc1COc1ccc(Cl)cc1C=C1C(=O)NN(c2ccccc2)C1=O. The number of carbonyl (C=O) groups is 2. The van der Waals surface area contributed by atoms with Crippen molar-refractivity contribution in [2.75, 3.05) is 5.01 Å². The molecule has 0 unspecified atom stereocenters. The van der Waals surface area contributed by atoms with Crippen molar-refractivity contribution in [2.24, 2.45) is 0 Å². The molecular formula is C24H16ClN3O3. The van der Waals surface area contributed by atoms with Crippen LogP contribution in [0.5, 0.6) is 5.75 Å². The van der Waals surface area contributed by atoms with Gasteiger partial charge in [-0.3, -0.25) is 15.0 Å². The Morgan fingerprint density at radius 2 is 1.77 bits per heavy atom. The quantitative estimate of drug-likeness (QED) is 0.485. The first-order valence-electron chi connectivity index (χ1n) is 9.39. The molecule has 0 bridgehead atoms. The maximum absolute atomic E-state index is 12.8. The van der Waals surface area contributed by atoms with Gasteiger partial charge in [-0.15, -0.1) is 0 Å². The van der Waals surface area contributed by atoms with Crippen LogP contribution >= 0.6 is 11.6 Å². The van der Waals surface area contributed by atoms with Gasteiger partial charge in [-0.25, -0.2) is 5.01 Å². The van der Waals surface area contributed by atoms with Crippen molar-refractivity contribution < 1.29 is 14.3 Å². The monoisotopic (exact) mass is 429 g/mol. The Kier molecular flexibility index (Phi) is 5.69. The van der Waals surface area contributed by atoms with Crippen LogP contribution in [0.25, 0.3) is 6.08 Å². The van der Waals surface area contributed by atoms with Crippen molar-refractivity contribution in [3.63, 3.8) is 0 Å². The molecule has 1 fully saturated rings. The minimum Gasteiger partial charge on any atom is -0.488 e. The second-order valence-corrected chi connectivity index (χ2v) is 7.15. The van der Waals surface area contributed by atoms with E-state index in [0.717, 1.165) is 5.56 Å². The standard InChI is InChI=1S/C24H16ClN3O3/c25-19-10-11-22(31-15-17-7-5-4-6-16(17)14-26)18(12-19)13-21-23(29)27-28(24(21)30)20-8-2-1-3-9-20/h1-13H,15H2,(H,27,29). The predicted octanol–water partition coefficient (Wildman–Crippen LogP) is 4.25. The van der Waals surface area contributed by atoms with Gasteiger partial charge in [-0.05, 0) is 42.5 Å². The van der Waals surface area contributed by atoms with E-state index in [0.29, 0.717) is 27.6 Å². The maximum atomic E-state index is 12.8. The van der Waals surface area contributed by atoms with E-state index in [1.165, 1.54) is 11.1 Å². The topological polar surface area (TPSA) is 82.4 Å². The van der Waals surface area contributed by atoms with E-state index in [9.17, 15) is 14.9 Å². The van der Waals surface area contributed by atoms with Crippen LogP contribution in [-0.2, 0) is 16.2 Å². The molecule has 1 saturated heterocycles. The number of ether oxygens (including phenoxy) is 1. The largest absolute Gasteiger partial charge is 0.488 e. The number of halogens is 1. The van der Waals surface area contributed by atoms with Crippen molar-refractivity contribution in [1.29, 1.82) is 5.26 Å². The lowest BCUT2D eigenvalue weighted by molar-refractivity contribution is -0.117. The summed E-state index contributed by atoms with van der Waals surface area (Å²) in [7, 11) is 0. The molecule has 4 rings (SSSR count). The smallest absolute Gasteiger partial charge is 0.282 e. The van der Waals surface area contributed by atoms with Crippen LogP contribution in [0.15, 0.2) is 78.4 Å². The third kappa shape index (κ3) is 4.27. The highest BCUT2D eigenvalue weighted by molar-refractivity contribution is 6.32. The van der Waals surface area contributed by atoms with Crippen LogP contribution in [0.4, 0.5) is 5.69 Å². The van der Waals surface area contributed by atoms with Gasteiger partial charge in [0.05, 0.1) is 17.3 Å². The highest BCUT2D eigenvalue weighted by Crippen LogP contribution is 2.28. The average molecular weight is 430 g/mol. The highest BCUT2D eigenvalue weighted by atomic mass is 35.5. The summed E-state index contributed by atoms with van der Waals surface area (Å²) >= 11 is 6.14. The summed E-state index contributed by atoms with van der Waals surface area (Å²) in [5.41, 5.74) is 4.81. The summed E-state index contributed by atoms with van der Waals surface area (Å²) in [6, 6.07) is 23.0. The minimum absolute atomic E-state index is 0.0339. The Bertz CT molecular complexity index is 1230. The van der Waals surface area contributed by atoms with Crippen LogP contribution in [-0.4, -0.2) is 11.8 Å². The van der Waals surface area contributed by atoms with Crippen LogP contribution in [0.3, 0.4) is 0 Å². The molecule has 1 heterocycles. The number of nitrogens with one attached hydrogen (secondary N) is 1. The summed E-state index contributed by atoms with van der Waals surface area (Å²) in [6.45, 7) is 0.151. The average Bonchev–Trinajstić information content (AvgIpc) is 3.07. The van der Waals surface area contributed by atoms with Gasteiger partial charge in [0.2, 0.25) is 0 Å². The molecule has 31 heavy (non-hydrogen) atoms. The number of hydrogen-bond donors (Lipinski definition) is 1. The van der Waals surface area contributed by atoms with E-state index < -0.39 is 11.8 Å². The molecule has 3 aromatic rings. The Balaban J connectivity index is 1.63. The van der Waals surface area contributed by atoms with Crippen molar-refractivity contribution in [3.05, 3.63) is 100 Å². The van der Waals surface area contributed by atoms with E-state index in [1.54, 1.807) is 60.7 Å². The molecule has 1 N–H and O–H groups in total. The van der Waals surface area contributed by atoms with Crippen molar-refractivity contribution in [1.82, 2.24) is 5.43 Å². The fourth-order valence-electron chi connectivity index (χ4n) is 3.15. The van der Waals surface area contributed by atoms with Crippen LogP contribution in [0.1, 0.15) is 16.7 Å². The Hall–Kier alpha value is -4.08. The Morgan fingerprint density at radius 1 is 1.03 bits per heavy atom. The number of amides is 2. The third-order valence-corrected chi connectivity index (χ3v) is 4.93. The number of rotatable bonds is 5. The summed E-state index contributed by atoms with van der Waals surface area (Å²) < 4.78 is 5.90. The first kappa shape index (κ1) is 20.2. The van der Waals surface area contributed by atoms with E-state index in [1.807, 2.05) is 12.1 Å². The van der Waals surface area contributed by atoms with Gasteiger partial charge in [-0.1, -0.05) is 48.0 Å². The number of para-hydroxylation sites is 1. The molecule has 1 aliphatic heterocycles. The number of carbonyl (C=O) groups excluding carboxylic acids is 2. The lowest BCUT2D eigenvalue weighted by Gasteiger charge is -2.14. The molecule has 1 aliphatic rings. The highest BCUT2D eigenvalue weighted by Gasteiger charge is 2.34. The molecule has 7 heteroatoms. The number of benzene rings is 3. The molecule has 0 aliphatic carbocycles. The van der Waals surface area contributed by atoms with E-state index in [2.05, 4.69) is 11.5 Å². The fourth-order valence-corrected chi connectivity index (χ4v) is 3.33. The predicted molar refractivity (Wildman–Crippen MR) is 117 cm³/mol. The first-order chi connectivity index (χ1) is 15.1. The molecule has 6 nitrogen and oxygen atoms in total. The molecule has 3 aromatic carbocycles. The van der Waals surface area contributed by atoms with Crippen LogP contribution < -0.4 is 15.2 Å². The molecule has 0 atom stereocenters. The summed E-state index contributed by atoms with van der Waals surface area (Å²) in [6.07, 6.45) is 1.46. The number of hydrazine groups is 1. The maximum Gasteiger partial charge on any atom is 0.282 e. The van der Waals surface area contributed by atoms with Gasteiger partial charge in [0, 0.05) is 16.1 Å². The minimum atomic E-state index is -0.519. The molecule has 0 radical (unpaired) electrons. The first-order valence-corrected chi connectivity index (χ1v) is 9.77. The normalized spacial score (nSPS) is 14.5. The molecule has 152 valence electrons. The second kappa shape index (κ2) is 8.74. The number of nitrogens with zero attached hydrogens (tertiary/aromatic N) is 2. The molecule has 0 saturated carbocycles. The third-order valence-electron chi connectivity index (χ3n) is 4.70. The zero-order valence-electron chi connectivity index (χ0n) is 16.2. The molecule has 0 spiro atoms. The van der Waals surface area contributed by atoms with Gasteiger partial charge >= 0.3 is 0 Å². The van der Waals surface area contributed by atoms with Crippen LogP contribution in [0, 0.1) is 11.3 Å². The lowest BCUT2D eigenvalue weighted by atomic mass is 10.1. The lowest BCUT2D eigenvalue weighted by Crippen LogP contribution is -2.35. The summed E-state index contributed by atoms with van der Waals surface area (Å²) in [4.78, 5) is 25.3. The molecule has 2 amide bonds. The van der Waals surface area contributed by atoms with Crippen molar-refractivity contribution in [3.8, 4) is 11.8 Å². The summed E-state index contributed by atoms with van der Waals surface area (Å²) in [5, 5.41) is 10.9. The van der Waals surface area contributed by atoms with Gasteiger partial charge in [0.25, 0.3) is 11.8 Å². The van der Waals surface area contributed by atoms with E-state index in [-0.39, 0.29) is 12.2 Å². The van der Waals surface area contributed by atoms with Gasteiger partial charge in [-0.2, -0.15) is 5.26 Å². The Labute approximate surface area is 183 Å². The molecular weight excluding hydrogens is 414 g/mol. The fraction of sp³-hybridized carbons (Fsp3) is 0.0417. The van der Waals surface area contributed by atoms with Gasteiger partial charge in [0.1, 0.15) is 17.9 Å².